The van der Waals surface area contributed by atoms with Crippen LogP contribution in [0.4, 0.5) is 0 Å². The number of unbranched alkanes of at least 4 members (excludes halogenated alkanes) is 2. The van der Waals surface area contributed by atoms with Crippen LogP contribution in [0.3, 0.4) is 0 Å². The maximum absolute atomic E-state index is 11.3. The molecule has 2 fully saturated rings. The van der Waals surface area contributed by atoms with E-state index < -0.39 is 11.4 Å². The maximum Gasteiger partial charge on any atom is 0.309 e. The van der Waals surface area contributed by atoms with Crippen molar-refractivity contribution in [2.75, 3.05) is 0 Å². The third kappa shape index (κ3) is 4.69. The van der Waals surface area contributed by atoms with Crippen LogP contribution in [0.15, 0.2) is 6.07 Å². The molecule has 0 atom stereocenters. The molecule has 0 aliphatic heterocycles. The number of hydrogen-bond acceptors (Lipinski definition) is 4. The average molecular weight is 376 g/mol. The normalized spacial score (nSPS) is 19.0. The summed E-state index contributed by atoms with van der Waals surface area (Å²) in [6, 6.07) is 1.22. The van der Waals surface area contributed by atoms with Gasteiger partial charge in [-0.15, -0.1) is 0 Å². The zero-order chi connectivity index (χ0) is 19.7. The summed E-state index contributed by atoms with van der Waals surface area (Å²) in [6.45, 7) is 2.31. The molecule has 27 heavy (non-hydrogen) atoms. The summed E-state index contributed by atoms with van der Waals surface area (Å²) in [5.74, 6) is -1.09. The molecule has 2 saturated carbocycles. The van der Waals surface area contributed by atoms with Crippen molar-refractivity contribution in [3.63, 3.8) is 0 Å². The number of aliphatic carboxylic acids is 1. The molecule has 0 amide bonds. The Kier molecular flexibility index (Phi) is 5.59. The van der Waals surface area contributed by atoms with Gasteiger partial charge in [0.2, 0.25) is 0 Å². The molecule has 0 radical (unpaired) electrons. The van der Waals surface area contributed by atoms with Crippen LogP contribution in [0.2, 0.25) is 0 Å². The lowest BCUT2D eigenvalue weighted by molar-refractivity contribution is -0.143. The van der Waals surface area contributed by atoms with Crippen molar-refractivity contribution in [2.24, 2.45) is 10.8 Å². The third-order valence-electron chi connectivity index (χ3n) is 6.68. The SMILES string of the molecule is CC1(CCCCc2c(O)cc(O)c(O)c2CCCCC2(C(=O)O)CC2)CC1. The second-order valence-electron chi connectivity index (χ2n) is 9.03. The van der Waals surface area contributed by atoms with Crippen molar-refractivity contribution in [2.45, 2.75) is 84.0 Å². The van der Waals surface area contributed by atoms with Crippen molar-refractivity contribution >= 4 is 5.97 Å². The second-order valence-corrected chi connectivity index (χ2v) is 9.03. The summed E-state index contributed by atoms with van der Waals surface area (Å²) in [5, 5.41) is 39.7. The lowest BCUT2D eigenvalue weighted by atomic mass is 9.92. The molecule has 5 heteroatoms. The molecule has 5 nitrogen and oxygen atoms in total. The Morgan fingerprint density at radius 1 is 0.889 bits per heavy atom. The number of hydrogen-bond donors (Lipinski definition) is 4. The number of carboxylic acid groups (broad SMARTS) is 1. The lowest BCUT2D eigenvalue weighted by Gasteiger charge is -2.16. The number of carboxylic acids is 1. The van der Waals surface area contributed by atoms with Gasteiger partial charge in [-0.1, -0.05) is 19.8 Å². The average Bonchev–Trinajstić information content (AvgIpc) is 3.52. The van der Waals surface area contributed by atoms with Gasteiger partial charge in [0.25, 0.3) is 0 Å². The summed E-state index contributed by atoms with van der Waals surface area (Å²) in [7, 11) is 0. The number of phenolic OH excluding ortho intramolecular Hbond substituents is 3. The predicted octanol–water partition coefficient (Wildman–Crippen LogP) is 4.89. The first-order chi connectivity index (χ1) is 12.8. The van der Waals surface area contributed by atoms with Gasteiger partial charge in [0, 0.05) is 17.2 Å². The van der Waals surface area contributed by atoms with E-state index in [4.69, 9.17) is 0 Å². The van der Waals surface area contributed by atoms with E-state index in [2.05, 4.69) is 6.92 Å². The van der Waals surface area contributed by atoms with Crippen LogP contribution in [-0.4, -0.2) is 26.4 Å². The van der Waals surface area contributed by atoms with E-state index in [0.717, 1.165) is 44.1 Å². The summed E-state index contributed by atoms with van der Waals surface area (Å²) >= 11 is 0. The first-order valence-electron chi connectivity index (χ1n) is 10.3. The highest BCUT2D eigenvalue weighted by Crippen LogP contribution is 2.50. The first kappa shape index (κ1) is 19.8. The second kappa shape index (κ2) is 7.61. The Morgan fingerprint density at radius 3 is 2.04 bits per heavy atom. The maximum atomic E-state index is 11.3. The topological polar surface area (TPSA) is 98.0 Å². The van der Waals surface area contributed by atoms with Crippen LogP contribution in [0.1, 0.15) is 82.3 Å². The number of rotatable bonds is 11. The van der Waals surface area contributed by atoms with Gasteiger partial charge in [-0.25, -0.2) is 0 Å². The van der Waals surface area contributed by atoms with E-state index in [-0.39, 0.29) is 17.2 Å². The Hall–Kier alpha value is -1.91. The molecule has 2 aliphatic rings. The van der Waals surface area contributed by atoms with Crippen LogP contribution < -0.4 is 0 Å². The number of carbonyl (C=O) groups is 1. The first-order valence-corrected chi connectivity index (χ1v) is 10.3. The zero-order valence-corrected chi connectivity index (χ0v) is 16.3. The van der Waals surface area contributed by atoms with Crippen molar-refractivity contribution in [1.29, 1.82) is 0 Å². The van der Waals surface area contributed by atoms with Gasteiger partial charge in [0.1, 0.15) is 5.75 Å². The van der Waals surface area contributed by atoms with E-state index in [1.807, 2.05) is 0 Å². The fraction of sp³-hybridized carbons (Fsp3) is 0.682. The van der Waals surface area contributed by atoms with Crippen LogP contribution in [0.5, 0.6) is 17.2 Å². The third-order valence-corrected chi connectivity index (χ3v) is 6.68. The Labute approximate surface area is 161 Å². The van der Waals surface area contributed by atoms with Crippen LogP contribution >= 0.6 is 0 Å². The highest BCUT2D eigenvalue weighted by Gasteiger charge is 2.49. The van der Waals surface area contributed by atoms with E-state index >= 15 is 0 Å². The summed E-state index contributed by atoms with van der Waals surface area (Å²) in [6.07, 6.45) is 10.7. The fourth-order valence-electron chi connectivity index (χ4n) is 4.09. The molecule has 0 bridgehead atoms. The van der Waals surface area contributed by atoms with E-state index in [1.54, 1.807) is 0 Å². The van der Waals surface area contributed by atoms with E-state index in [9.17, 15) is 25.2 Å². The Morgan fingerprint density at radius 2 is 1.48 bits per heavy atom. The quantitative estimate of drug-likeness (QED) is 0.250. The number of aromatic hydroxyl groups is 3. The number of phenols is 3. The van der Waals surface area contributed by atoms with Crippen molar-refractivity contribution in [1.82, 2.24) is 0 Å². The monoisotopic (exact) mass is 376 g/mol. The molecule has 0 unspecified atom stereocenters. The number of benzene rings is 1. The van der Waals surface area contributed by atoms with Crippen molar-refractivity contribution < 1.29 is 25.2 Å². The molecule has 2 aliphatic carbocycles. The van der Waals surface area contributed by atoms with Gasteiger partial charge in [-0.2, -0.15) is 0 Å². The molecule has 150 valence electrons. The molecule has 0 saturated heterocycles. The molecule has 0 spiro atoms. The molecule has 0 aromatic heterocycles. The largest absolute Gasteiger partial charge is 0.508 e. The summed E-state index contributed by atoms with van der Waals surface area (Å²) in [5.41, 5.74) is 1.34. The van der Waals surface area contributed by atoms with Gasteiger partial charge >= 0.3 is 5.97 Å². The minimum Gasteiger partial charge on any atom is -0.508 e. The Balaban J connectivity index is 1.57. The van der Waals surface area contributed by atoms with Gasteiger partial charge in [0.15, 0.2) is 11.5 Å². The fourth-order valence-corrected chi connectivity index (χ4v) is 4.09. The van der Waals surface area contributed by atoms with Crippen molar-refractivity contribution in [3.8, 4) is 17.2 Å². The van der Waals surface area contributed by atoms with Crippen LogP contribution in [-0.2, 0) is 17.6 Å². The van der Waals surface area contributed by atoms with E-state index in [0.29, 0.717) is 30.2 Å². The Bertz CT molecular complexity index is 701. The lowest BCUT2D eigenvalue weighted by Crippen LogP contribution is -2.14. The molecular weight excluding hydrogens is 344 g/mol. The highest BCUT2D eigenvalue weighted by molar-refractivity contribution is 5.77. The molecular formula is C22H32O5. The van der Waals surface area contributed by atoms with E-state index in [1.165, 1.54) is 25.3 Å². The van der Waals surface area contributed by atoms with Crippen molar-refractivity contribution in [3.05, 3.63) is 17.2 Å². The predicted molar refractivity (Wildman–Crippen MR) is 103 cm³/mol. The summed E-state index contributed by atoms with van der Waals surface area (Å²) in [4.78, 5) is 11.3. The molecule has 1 aromatic rings. The standard InChI is InChI=1S/C22H32O5/c1-21(10-11-21)8-4-2-6-15-16(19(25)18(24)14-17(15)23)7-3-5-9-22(12-13-22)20(26)27/h14,23-25H,2-13H2,1H3,(H,26,27). The minimum atomic E-state index is -0.703. The smallest absolute Gasteiger partial charge is 0.309 e. The zero-order valence-electron chi connectivity index (χ0n) is 16.3. The van der Waals surface area contributed by atoms with Crippen LogP contribution in [0, 0.1) is 10.8 Å². The van der Waals surface area contributed by atoms with Gasteiger partial charge in [0.05, 0.1) is 5.41 Å². The summed E-state index contributed by atoms with van der Waals surface area (Å²) < 4.78 is 0. The molecule has 4 N–H and O–H groups in total. The van der Waals surface area contributed by atoms with Crippen LogP contribution in [0.25, 0.3) is 0 Å². The minimum absolute atomic E-state index is 0.0436. The van der Waals surface area contributed by atoms with Gasteiger partial charge in [-0.05, 0) is 69.6 Å². The van der Waals surface area contributed by atoms with Gasteiger partial charge in [-0.3, -0.25) is 4.79 Å². The molecule has 0 heterocycles. The van der Waals surface area contributed by atoms with Gasteiger partial charge < -0.3 is 20.4 Å². The molecule has 3 rings (SSSR count). The molecule has 1 aromatic carbocycles. The highest BCUT2D eigenvalue weighted by atomic mass is 16.4.